The summed E-state index contributed by atoms with van der Waals surface area (Å²) in [6.07, 6.45) is 2.01. The lowest BCUT2D eigenvalue weighted by Crippen LogP contribution is -2.36. The van der Waals surface area contributed by atoms with Crippen molar-refractivity contribution in [1.29, 1.82) is 0 Å². The summed E-state index contributed by atoms with van der Waals surface area (Å²) in [5.41, 5.74) is 1.92. The van der Waals surface area contributed by atoms with E-state index in [1.807, 2.05) is 36.4 Å². The normalized spacial score (nSPS) is 13.6. The van der Waals surface area contributed by atoms with Crippen LogP contribution in [0.4, 0.5) is 5.69 Å². The van der Waals surface area contributed by atoms with Crippen molar-refractivity contribution in [2.45, 2.75) is 25.7 Å². The third kappa shape index (κ3) is 6.00. The number of carbonyl (C=O) groups is 3. The number of ether oxygens (including phenoxy) is 1. The smallest absolute Gasteiger partial charge is 0.355 e. The molecule has 0 radical (unpaired) electrons. The van der Waals surface area contributed by atoms with Gasteiger partial charge in [0.1, 0.15) is 5.71 Å². The summed E-state index contributed by atoms with van der Waals surface area (Å²) < 4.78 is 5.06. The third-order valence-corrected chi connectivity index (χ3v) is 4.41. The Morgan fingerprint density at radius 1 is 1.00 bits per heavy atom. The molecule has 2 amide bonds. The van der Waals surface area contributed by atoms with Crippen LogP contribution < -0.4 is 10.3 Å². The lowest BCUT2D eigenvalue weighted by molar-refractivity contribution is -0.142. The summed E-state index contributed by atoms with van der Waals surface area (Å²) in [6.45, 7) is 0.130. The van der Waals surface area contributed by atoms with Gasteiger partial charge in [-0.3, -0.25) is 9.59 Å². The van der Waals surface area contributed by atoms with Crippen molar-refractivity contribution in [3.05, 3.63) is 66.2 Å². The lowest BCUT2D eigenvalue weighted by Gasteiger charge is -2.22. The molecule has 2 aromatic rings. The Balaban J connectivity index is 1.43. The summed E-state index contributed by atoms with van der Waals surface area (Å²) in [6, 6.07) is 18.9. The Morgan fingerprint density at radius 3 is 2.41 bits per heavy atom. The molecular formula is C22H23N3O4. The SMILES string of the molecule is O=C(COC(=O)C1=NN(c2ccccc2)C(=O)CC1)NCCCc1ccccc1. The van der Waals surface area contributed by atoms with E-state index in [9.17, 15) is 14.4 Å². The minimum atomic E-state index is -0.683. The van der Waals surface area contributed by atoms with Crippen LogP contribution in [0, 0.1) is 0 Å². The highest BCUT2D eigenvalue weighted by Crippen LogP contribution is 2.19. The van der Waals surface area contributed by atoms with Gasteiger partial charge in [0.2, 0.25) is 5.91 Å². The highest BCUT2D eigenvalue weighted by molar-refractivity contribution is 6.38. The monoisotopic (exact) mass is 393 g/mol. The Labute approximate surface area is 169 Å². The van der Waals surface area contributed by atoms with Crippen molar-refractivity contribution in [1.82, 2.24) is 5.32 Å². The van der Waals surface area contributed by atoms with E-state index in [1.165, 1.54) is 10.6 Å². The molecule has 0 aliphatic carbocycles. The van der Waals surface area contributed by atoms with Crippen molar-refractivity contribution in [2.75, 3.05) is 18.2 Å². The maximum Gasteiger partial charge on any atom is 0.355 e. The van der Waals surface area contributed by atoms with Gasteiger partial charge in [0.25, 0.3) is 5.91 Å². The number of anilines is 1. The number of carbonyl (C=O) groups excluding carboxylic acids is 3. The van der Waals surface area contributed by atoms with Crippen LogP contribution in [0.3, 0.4) is 0 Å². The standard InChI is InChI=1S/C22H23N3O4/c26-20(23-15-7-10-17-8-3-1-4-9-17)16-29-22(28)19-13-14-21(27)25(24-19)18-11-5-2-6-12-18/h1-6,8-9,11-12H,7,10,13-16H2,(H,23,26). The zero-order valence-corrected chi connectivity index (χ0v) is 16.0. The number of hydrazone groups is 1. The molecule has 1 heterocycles. The average molecular weight is 393 g/mol. The van der Waals surface area contributed by atoms with Crippen molar-refractivity contribution in [2.24, 2.45) is 5.10 Å². The zero-order chi connectivity index (χ0) is 20.5. The molecule has 0 fully saturated rings. The first-order valence-corrected chi connectivity index (χ1v) is 9.57. The van der Waals surface area contributed by atoms with Gasteiger partial charge in [0.15, 0.2) is 6.61 Å². The molecule has 1 N–H and O–H groups in total. The number of benzene rings is 2. The Kier molecular flexibility index (Phi) is 7.10. The fourth-order valence-corrected chi connectivity index (χ4v) is 2.90. The Bertz CT molecular complexity index is 881. The van der Waals surface area contributed by atoms with Gasteiger partial charge in [0, 0.05) is 19.4 Å². The number of nitrogens with zero attached hydrogens (tertiary/aromatic N) is 2. The highest BCUT2D eigenvalue weighted by Gasteiger charge is 2.26. The van der Waals surface area contributed by atoms with Crippen molar-refractivity contribution in [3.8, 4) is 0 Å². The first-order valence-electron chi connectivity index (χ1n) is 9.57. The van der Waals surface area contributed by atoms with Gasteiger partial charge in [-0.15, -0.1) is 0 Å². The van der Waals surface area contributed by atoms with Crippen LogP contribution in [0.15, 0.2) is 65.8 Å². The van der Waals surface area contributed by atoms with Crippen LogP contribution in [0.25, 0.3) is 0 Å². The summed E-state index contributed by atoms with van der Waals surface area (Å²) in [5.74, 6) is -1.24. The number of amides is 2. The Hall–Kier alpha value is -3.48. The largest absolute Gasteiger partial charge is 0.451 e. The van der Waals surface area contributed by atoms with Gasteiger partial charge in [-0.05, 0) is 30.5 Å². The summed E-state index contributed by atoms with van der Waals surface area (Å²) in [5, 5.41) is 8.04. The van der Waals surface area contributed by atoms with E-state index in [4.69, 9.17) is 4.74 Å². The van der Waals surface area contributed by atoms with Gasteiger partial charge in [0.05, 0.1) is 5.69 Å². The summed E-state index contributed by atoms with van der Waals surface area (Å²) in [4.78, 5) is 36.2. The number of nitrogens with one attached hydrogen (secondary N) is 1. The Morgan fingerprint density at radius 2 is 1.69 bits per heavy atom. The minimum Gasteiger partial charge on any atom is -0.451 e. The van der Waals surface area contributed by atoms with E-state index in [1.54, 1.807) is 24.3 Å². The molecule has 1 aliphatic heterocycles. The molecule has 0 unspecified atom stereocenters. The van der Waals surface area contributed by atoms with Crippen LogP contribution in [-0.2, 0) is 25.5 Å². The first kappa shape index (κ1) is 20.3. The number of hydrogen-bond acceptors (Lipinski definition) is 5. The first-order chi connectivity index (χ1) is 14.1. The van der Waals surface area contributed by atoms with Crippen LogP contribution in [0.5, 0.6) is 0 Å². The quantitative estimate of drug-likeness (QED) is 0.551. The molecule has 0 spiro atoms. The fraction of sp³-hybridized carbons (Fsp3) is 0.273. The number of esters is 1. The molecule has 150 valence electrons. The lowest BCUT2D eigenvalue weighted by atomic mass is 10.1. The summed E-state index contributed by atoms with van der Waals surface area (Å²) >= 11 is 0. The van der Waals surface area contributed by atoms with Crippen LogP contribution in [0.1, 0.15) is 24.8 Å². The molecular weight excluding hydrogens is 370 g/mol. The molecule has 3 rings (SSSR count). The predicted octanol–water partition coefficient (Wildman–Crippen LogP) is 2.46. The fourth-order valence-electron chi connectivity index (χ4n) is 2.90. The number of hydrogen-bond donors (Lipinski definition) is 1. The third-order valence-electron chi connectivity index (χ3n) is 4.41. The average Bonchev–Trinajstić information content (AvgIpc) is 2.76. The van der Waals surface area contributed by atoms with Gasteiger partial charge in [-0.1, -0.05) is 48.5 Å². The zero-order valence-electron chi connectivity index (χ0n) is 16.0. The van der Waals surface area contributed by atoms with Crippen molar-refractivity contribution in [3.63, 3.8) is 0 Å². The van der Waals surface area contributed by atoms with E-state index < -0.39 is 5.97 Å². The molecule has 0 saturated carbocycles. The number of rotatable bonds is 8. The van der Waals surface area contributed by atoms with Crippen LogP contribution >= 0.6 is 0 Å². The highest BCUT2D eigenvalue weighted by atomic mass is 16.5. The molecule has 7 nitrogen and oxygen atoms in total. The number of para-hydroxylation sites is 1. The van der Waals surface area contributed by atoms with Gasteiger partial charge in [-0.2, -0.15) is 5.10 Å². The summed E-state index contributed by atoms with van der Waals surface area (Å²) in [7, 11) is 0. The number of aryl methyl sites for hydroxylation is 1. The van der Waals surface area contributed by atoms with Gasteiger partial charge in [-0.25, -0.2) is 9.80 Å². The molecule has 0 aromatic heterocycles. The molecule has 0 saturated heterocycles. The van der Waals surface area contributed by atoms with Crippen LogP contribution in [-0.4, -0.2) is 36.6 Å². The molecule has 1 aliphatic rings. The van der Waals surface area contributed by atoms with Crippen molar-refractivity contribution < 1.29 is 19.1 Å². The minimum absolute atomic E-state index is 0.130. The van der Waals surface area contributed by atoms with Crippen LogP contribution in [0.2, 0.25) is 0 Å². The topological polar surface area (TPSA) is 88.1 Å². The molecule has 0 atom stereocenters. The van der Waals surface area contributed by atoms with E-state index >= 15 is 0 Å². The van der Waals surface area contributed by atoms with E-state index in [0.717, 1.165) is 12.8 Å². The van der Waals surface area contributed by atoms with E-state index in [2.05, 4.69) is 10.4 Å². The second-order valence-electron chi connectivity index (χ2n) is 6.60. The molecule has 2 aromatic carbocycles. The maximum atomic E-state index is 12.2. The second-order valence-corrected chi connectivity index (χ2v) is 6.60. The van der Waals surface area contributed by atoms with Gasteiger partial charge >= 0.3 is 5.97 Å². The molecule has 29 heavy (non-hydrogen) atoms. The van der Waals surface area contributed by atoms with Gasteiger partial charge < -0.3 is 10.1 Å². The van der Waals surface area contributed by atoms with E-state index in [-0.39, 0.29) is 37.0 Å². The second kappa shape index (κ2) is 10.2. The van der Waals surface area contributed by atoms with Crippen molar-refractivity contribution >= 4 is 29.2 Å². The maximum absolute atomic E-state index is 12.2. The molecule has 0 bridgehead atoms. The predicted molar refractivity (Wildman–Crippen MR) is 109 cm³/mol. The van der Waals surface area contributed by atoms with E-state index in [0.29, 0.717) is 12.2 Å². The molecule has 7 heteroatoms.